The third kappa shape index (κ3) is 4.89. The summed E-state index contributed by atoms with van der Waals surface area (Å²) < 4.78 is 12.7. The van der Waals surface area contributed by atoms with Gasteiger partial charge < -0.3 is 14.8 Å². The standard InChI is InChI=1S/C18H18N4O3/c1-22-14(9-10-20-22)12-24-13-18(23)21-17-8-7-16(11-19-17)25-15-5-3-2-4-6-15/h2-11H,12-13H2,1H3,(H,19,21,23). The lowest BCUT2D eigenvalue weighted by atomic mass is 10.3. The first-order valence-electron chi connectivity index (χ1n) is 7.74. The Balaban J connectivity index is 1.46. The Morgan fingerprint density at radius 1 is 1.12 bits per heavy atom. The van der Waals surface area contributed by atoms with Crippen LogP contribution in [-0.2, 0) is 23.2 Å². The molecule has 0 aliphatic carbocycles. The van der Waals surface area contributed by atoms with E-state index >= 15 is 0 Å². The second-order valence-corrected chi connectivity index (χ2v) is 5.28. The summed E-state index contributed by atoms with van der Waals surface area (Å²) in [4.78, 5) is 16.0. The van der Waals surface area contributed by atoms with Crippen LogP contribution in [-0.4, -0.2) is 27.3 Å². The number of pyridine rings is 1. The Kier molecular flexibility index (Phi) is 5.38. The smallest absolute Gasteiger partial charge is 0.251 e. The lowest BCUT2D eigenvalue weighted by molar-refractivity contribution is -0.121. The van der Waals surface area contributed by atoms with E-state index in [1.807, 2.05) is 43.4 Å². The highest BCUT2D eigenvalue weighted by molar-refractivity contribution is 5.90. The van der Waals surface area contributed by atoms with Crippen molar-refractivity contribution in [2.75, 3.05) is 11.9 Å². The zero-order valence-electron chi connectivity index (χ0n) is 13.8. The zero-order valence-corrected chi connectivity index (χ0v) is 13.8. The average Bonchev–Trinajstić information content (AvgIpc) is 3.03. The lowest BCUT2D eigenvalue weighted by Gasteiger charge is -2.08. The van der Waals surface area contributed by atoms with Crippen molar-refractivity contribution >= 4 is 11.7 Å². The molecule has 0 aliphatic heterocycles. The van der Waals surface area contributed by atoms with Crippen LogP contribution in [0, 0.1) is 0 Å². The van der Waals surface area contributed by atoms with Crippen molar-refractivity contribution in [1.82, 2.24) is 14.8 Å². The number of amides is 1. The maximum absolute atomic E-state index is 11.9. The van der Waals surface area contributed by atoms with Gasteiger partial charge in [0.1, 0.15) is 23.9 Å². The lowest BCUT2D eigenvalue weighted by Crippen LogP contribution is -2.19. The minimum atomic E-state index is -0.272. The van der Waals surface area contributed by atoms with Crippen molar-refractivity contribution in [2.24, 2.45) is 7.05 Å². The third-order valence-corrected chi connectivity index (χ3v) is 3.39. The molecule has 3 aromatic rings. The van der Waals surface area contributed by atoms with Gasteiger partial charge >= 0.3 is 0 Å². The number of aryl methyl sites for hydroxylation is 1. The topological polar surface area (TPSA) is 78.3 Å². The predicted octanol–water partition coefficient (Wildman–Crippen LogP) is 2.76. The van der Waals surface area contributed by atoms with E-state index in [-0.39, 0.29) is 12.5 Å². The molecule has 0 atom stereocenters. The fourth-order valence-electron chi connectivity index (χ4n) is 2.11. The Labute approximate surface area is 145 Å². The van der Waals surface area contributed by atoms with Crippen LogP contribution in [0.25, 0.3) is 0 Å². The van der Waals surface area contributed by atoms with Crippen LogP contribution >= 0.6 is 0 Å². The summed E-state index contributed by atoms with van der Waals surface area (Å²) in [6.45, 7) is 0.260. The Bertz CT molecular complexity index is 816. The summed E-state index contributed by atoms with van der Waals surface area (Å²) in [6.07, 6.45) is 3.24. The molecule has 1 aromatic carbocycles. The summed E-state index contributed by atoms with van der Waals surface area (Å²) in [5, 5.41) is 6.71. The Morgan fingerprint density at radius 2 is 1.96 bits per heavy atom. The molecule has 2 aromatic heterocycles. The van der Waals surface area contributed by atoms with E-state index < -0.39 is 0 Å². The highest BCUT2D eigenvalue weighted by Crippen LogP contribution is 2.20. The first-order chi connectivity index (χ1) is 12.2. The molecule has 0 bridgehead atoms. The van der Waals surface area contributed by atoms with E-state index in [2.05, 4.69) is 15.4 Å². The molecule has 25 heavy (non-hydrogen) atoms. The molecule has 0 saturated carbocycles. The van der Waals surface area contributed by atoms with E-state index in [1.165, 1.54) is 0 Å². The number of rotatable bonds is 7. The van der Waals surface area contributed by atoms with Gasteiger partial charge in [-0.15, -0.1) is 0 Å². The van der Waals surface area contributed by atoms with E-state index in [0.29, 0.717) is 18.2 Å². The number of carbonyl (C=O) groups is 1. The van der Waals surface area contributed by atoms with Gasteiger partial charge in [-0.2, -0.15) is 5.10 Å². The van der Waals surface area contributed by atoms with Crippen molar-refractivity contribution in [2.45, 2.75) is 6.61 Å². The van der Waals surface area contributed by atoms with Crippen LogP contribution in [0.5, 0.6) is 11.5 Å². The van der Waals surface area contributed by atoms with Crippen LogP contribution in [0.15, 0.2) is 60.9 Å². The molecule has 128 valence electrons. The fourth-order valence-corrected chi connectivity index (χ4v) is 2.11. The number of aromatic nitrogens is 3. The molecule has 0 fully saturated rings. The zero-order chi connectivity index (χ0) is 17.5. The van der Waals surface area contributed by atoms with E-state index in [4.69, 9.17) is 9.47 Å². The molecule has 7 nitrogen and oxygen atoms in total. The van der Waals surface area contributed by atoms with Gasteiger partial charge in [-0.25, -0.2) is 4.98 Å². The Hall–Kier alpha value is -3.19. The van der Waals surface area contributed by atoms with Gasteiger partial charge in [-0.3, -0.25) is 9.48 Å². The van der Waals surface area contributed by atoms with Gasteiger partial charge in [0.15, 0.2) is 0 Å². The van der Waals surface area contributed by atoms with Crippen molar-refractivity contribution in [1.29, 1.82) is 0 Å². The Morgan fingerprint density at radius 3 is 2.64 bits per heavy atom. The second-order valence-electron chi connectivity index (χ2n) is 5.28. The third-order valence-electron chi connectivity index (χ3n) is 3.39. The quantitative estimate of drug-likeness (QED) is 0.717. The van der Waals surface area contributed by atoms with Crippen LogP contribution in [0.2, 0.25) is 0 Å². The monoisotopic (exact) mass is 338 g/mol. The first kappa shape index (κ1) is 16.7. The number of nitrogens with zero attached hydrogens (tertiary/aromatic N) is 3. The number of benzene rings is 1. The second kappa shape index (κ2) is 8.07. The molecular formula is C18H18N4O3. The van der Waals surface area contributed by atoms with Crippen molar-refractivity contribution in [3.63, 3.8) is 0 Å². The van der Waals surface area contributed by atoms with Crippen molar-refractivity contribution < 1.29 is 14.3 Å². The van der Waals surface area contributed by atoms with Crippen LogP contribution in [0.4, 0.5) is 5.82 Å². The maximum atomic E-state index is 11.9. The molecule has 0 unspecified atom stereocenters. The number of nitrogens with one attached hydrogen (secondary N) is 1. The van der Waals surface area contributed by atoms with Gasteiger partial charge in [-0.1, -0.05) is 18.2 Å². The van der Waals surface area contributed by atoms with E-state index in [9.17, 15) is 4.79 Å². The molecule has 7 heteroatoms. The predicted molar refractivity (Wildman–Crippen MR) is 92.2 cm³/mol. The molecule has 0 spiro atoms. The van der Waals surface area contributed by atoms with Crippen LogP contribution in [0.3, 0.4) is 0 Å². The summed E-state index contributed by atoms with van der Waals surface area (Å²) in [5.41, 5.74) is 0.897. The number of ether oxygens (including phenoxy) is 2. The number of hydrogen-bond acceptors (Lipinski definition) is 5. The SMILES string of the molecule is Cn1nccc1COCC(=O)Nc1ccc(Oc2ccccc2)cn1. The van der Waals surface area contributed by atoms with Crippen molar-refractivity contribution in [3.8, 4) is 11.5 Å². The molecule has 3 rings (SSSR count). The summed E-state index contributed by atoms with van der Waals surface area (Å²) >= 11 is 0. The van der Waals surface area contributed by atoms with Crippen LogP contribution in [0.1, 0.15) is 5.69 Å². The number of hydrogen-bond donors (Lipinski definition) is 1. The van der Waals surface area contributed by atoms with Crippen molar-refractivity contribution in [3.05, 3.63) is 66.6 Å². The van der Waals surface area contributed by atoms with Gasteiger partial charge in [-0.05, 0) is 30.3 Å². The van der Waals surface area contributed by atoms with Gasteiger partial charge in [0, 0.05) is 13.2 Å². The minimum absolute atomic E-state index is 0.0604. The minimum Gasteiger partial charge on any atom is -0.456 e. The van der Waals surface area contributed by atoms with Gasteiger partial charge in [0.25, 0.3) is 5.91 Å². The molecule has 0 radical (unpaired) electrons. The fraction of sp³-hybridized carbons (Fsp3) is 0.167. The van der Waals surface area contributed by atoms with Gasteiger partial charge in [0.05, 0.1) is 18.5 Å². The van der Waals surface area contributed by atoms with Crippen LogP contribution < -0.4 is 10.1 Å². The molecule has 0 aliphatic rings. The van der Waals surface area contributed by atoms with E-state index in [1.54, 1.807) is 29.2 Å². The summed E-state index contributed by atoms with van der Waals surface area (Å²) in [5.74, 6) is 1.49. The normalized spacial score (nSPS) is 10.4. The molecule has 1 amide bonds. The molecule has 1 N–H and O–H groups in total. The largest absolute Gasteiger partial charge is 0.456 e. The molecular weight excluding hydrogens is 320 g/mol. The summed E-state index contributed by atoms with van der Waals surface area (Å²) in [7, 11) is 1.82. The maximum Gasteiger partial charge on any atom is 0.251 e. The number of anilines is 1. The first-order valence-corrected chi connectivity index (χ1v) is 7.74. The average molecular weight is 338 g/mol. The molecule has 0 saturated heterocycles. The van der Waals surface area contributed by atoms with Gasteiger partial charge in [0.2, 0.25) is 0 Å². The van der Waals surface area contributed by atoms with E-state index in [0.717, 1.165) is 11.4 Å². The molecule has 2 heterocycles. The summed E-state index contributed by atoms with van der Waals surface area (Å²) in [6, 6.07) is 14.7. The number of carbonyl (C=O) groups excluding carboxylic acids is 1. The highest BCUT2D eigenvalue weighted by Gasteiger charge is 2.06. The highest BCUT2D eigenvalue weighted by atomic mass is 16.5. The number of para-hydroxylation sites is 1.